The van der Waals surface area contributed by atoms with E-state index >= 15 is 0 Å². The summed E-state index contributed by atoms with van der Waals surface area (Å²) >= 11 is 0. The van der Waals surface area contributed by atoms with Gasteiger partial charge in [0.1, 0.15) is 0 Å². The number of anilines is 2. The SMILES string of the molecule is CCOCCCNC(=O)c1cccc(NC(=O)c2cccc(N)c2)c1.Cl. The first-order chi connectivity index (χ1) is 12.1. The third-order valence-electron chi connectivity index (χ3n) is 3.49. The Bertz CT molecular complexity index is 737. The van der Waals surface area contributed by atoms with Crippen LogP contribution in [0.25, 0.3) is 0 Å². The lowest BCUT2D eigenvalue weighted by atomic mass is 10.1. The van der Waals surface area contributed by atoms with Gasteiger partial charge < -0.3 is 21.1 Å². The fraction of sp³-hybridized carbons (Fsp3) is 0.263. The van der Waals surface area contributed by atoms with E-state index in [1.165, 1.54) is 0 Å². The van der Waals surface area contributed by atoms with Crippen LogP contribution >= 0.6 is 12.4 Å². The first kappa shape index (κ1) is 21.5. The van der Waals surface area contributed by atoms with Crippen LogP contribution in [0.15, 0.2) is 48.5 Å². The lowest BCUT2D eigenvalue weighted by Crippen LogP contribution is -2.25. The Labute approximate surface area is 159 Å². The number of amides is 2. The molecule has 0 aliphatic carbocycles. The van der Waals surface area contributed by atoms with Gasteiger partial charge >= 0.3 is 0 Å². The van der Waals surface area contributed by atoms with Gasteiger partial charge in [0, 0.05) is 42.3 Å². The molecule has 0 fully saturated rings. The highest BCUT2D eigenvalue weighted by atomic mass is 35.5. The molecule has 2 aromatic carbocycles. The quantitative estimate of drug-likeness (QED) is 0.486. The molecular formula is C19H24ClN3O3. The van der Waals surface area contributed by atoms with Gasteiger partial charge in [-0.25, -0.2) is 0 Å². The number of benzene rings is 2. The van der Waals surface area contributed by atoms with Crippen LogP contribution in [0.1, 0.15) is 34.1 Å². The summed E-state index contributed by atoms with van der Waals surface area (Å²) in [6, 6.07) is 13.5. The second kappa shape index (κ2) is 11.1. The summed E-state index contributed by atoms with van der Waals surface area (Å²) < 4.78 is 5.23. The van der Waals surface area contributed by atoms with Gasteiger partial charge in [-0.3, -0.25) is 9.59 Å². The molecule has 0 heterocycles. The van der Waals surface area contributed by atoms with Gasteiger partial charge in [-0.15, -0.1) is 12.4 Å². The second-order valence-electron chi connectivity index (χ2n) is 5.47. The molecule has 0 atom stereocenters. The predicted molar refractivity (Wildman–Crippen MR) is 106 cm³/mol. The standard InChI is InChI=1S/C19H23N3O3.ClH/c1-2-25-11-5-10-21-18(23)15-7-4-9-17(13-15)22-19(24)14-6-3-8-16(20)12-14;/h3-4,6-9,12-13H,2,5,10-11,20H2,1H3,(H,21,23)(H,22,24);1H. The maximum Gasteiger partial charge on any atom is 0.255 e. The zero-order valence-corrected chi connectivity index (χ0v) is 15.5. The Hall–Kier alpha value is -2.57. The van der Waals surface area contributed by atoms with Crippen LogP contribution in [0.3, 0.4) is 0 Å². The molecule has 0 unspecified atom stereocenters. The van der Waals surface area contributed by atoms with E-state index in [1.54, 1.807) is 48.5 Å². The summed E-state index contributed by atoms with van der Waals surface area (Å²) in [6.07, 6.45) is 0.755. The molecule has 0 aromatic heterocycles. The topological polar surface area (TPSA) is 93.5 Å². The highest BCUT2D eigenvalue weighted by molar-refractivity contribution is 6.05. The number of rotatable bonds is 8. The van der Waals surface area contributed by atoms with E-state index in [4.69, 9.17) is 10.5 Å². The van der Waals surface area contributed by atoms with Crippen LogP contribution in [0, 0.1) is 0 Å². The van der Waals surface area contributed by atoms with E-state index < -0.39 is 0 Å². The molecular weight excluding hydrogens is 354 g/mol. The van der Waals surface area contributed by atoms with Crippen LogP contribution in [0.4, 0.5) is 11.4 Å². The number of carbonyl (C=O) groups excluding carboxylic acids is 2. The minimum Gasteiger partial charge on any atom is -0.399 e. The molecule has 0 aliphatic heterocycles. The number of nitrogens with two attached hydrogens (primary N) is 1. The number of nitrogens with one attached hydrogen (secondary N) is 2. The molecule has 0 saturated carbocycles. The van der Waals surface area contributed by atoms with E-state index in [0.717, 1.165) is 6.42 Å². The summed E-state index contributed by atoms with van der Waals surface area (Å²) in [7, 11) is 0. The van der Waals surface area contributed by atoms with E-state index in [2.05, 4.69) is 10.6 Å². The molecule has 0 saturated heterocycles. The van der Waals surface area contributed by atoms with Crippen molar-refractivity contribution in [3.8, 4) is 0 Å². The van der Waals surface area contributed by atoms with Crippen molar-refractivity contribution >= 4 is 35.6 Å². The largest absolute Gasteiger partial charge is 0.399 e. The van der Waals surface area contributed by atoms with Gasteiger partial charge in [-0.2, -0.15) is 0 Å². The third kappa shape index (κ3) is 6.74. The number of carbonyl (C=O) groups is 2. The summed E-state index contributed by atoms with van der Waals surface area (Å²) in [5.41, 5.74) is 7.71. The van der Waals surface area contributed by atoms with Crippen LogP contribution < -0.4 is 16.4 Å². The molecule has 26 heavy (non-hydrogen) atoms. The van der Waals surface area contributed by atoms with Gasteiger partial charge in [0.2, 0.25) is 0 Å². The van der Waals surface area contributed by atoms with Gasteiger partial charge in [-0.1, -0.05) is 12.1 Å². The van der Waals surface area contributed by atoms with Gasteiger partial charge in [0.15, 0.2) is 0 Å². The predicted octanol–water partition coefficient (Wildman–Crippen LogP) is 3.10. The van der Waals surface area contributed by atoms with Gasteiger partial charge in [0.05, 0.1) is 0 Å². The highest BCUT2D eigenvalue weighted by Crippen LogP contribution is 2.14. The molecule has 0 aliphatic rings. The molecule has 140 valence electrons. The molecule has 7 heteroatoms. The van der Waals surface area contributed by atoms with Crippen molar-refractivity contribution in [2.45, 2.75) is 13.3 Å². The van der Waals surface area contributed by atoms with E-state index in [0.29, 0.717) is 42.3 Å². The smallest absolute Gasteiger partial charge is 0.255 e. The fourth-order valence-corrected chi connectivity index (χ4v) is 2.24. The average Bonchev–Trinajstić information content (AvgIpc) is 2.61. The normalized spacial score (nSPS) is 9.88. The molecule has 0 bridgehead atoms. The minimum absolute atomic E-state index is 0. The number of hydrogen-bond donors (Lipinski definition) is 3. The summed E-state index contributed by atoms with van der Waals surface area (Å²) in [5.74, 6) is -0.460. The van der Waals surface area contributed by atoms with Crippen molar-refractivity contribution in [2.75, 3.05) is 30.8 Å². The van der Waals surface area contributed by atoms with E-state index in [9.17, 15) is 9.59 Å². The maximum absolute atomic E-state index is 12.2. The van der Waals surface area contributed by atoms with Crippen LogP contribution in [0.2, 0.25) is 0 Å². The number of ether oxygens (including phenoxy) is 1. The lowest BCUT2D eigenvalue weighted by Gasteiger charge is -2.09. The maximum atomic E-state index is 12.2. The summed E-state index contributed by atoms with van der Waals surface area (Å²) in [6.45, 7) is 3.76. The average molecular weight is 378 g/mol. The van der Waals surface area contributed by atoms with Crippen LogP contribution in [0.5, 0.6) is 0 Å². The first-order valence-electron chi connectivity index (χ1n) is 8.23. The first-order valence-corrected chi connectivity index (χ1v) is 8.23. The van der Waals surface area contributed by atoms with Crippen LogP contribution in [-0.4, -0.2) is 31.6 Å². The van der Waals surface area contributed by atoms with Crippen molar-refractivity contribution in [3.63, 3.8) is 0 Å². The van der Waals surface area contributed by atoms with Crippen molar-refractivity contribution in [1.82, 2.24) is 5.32 Å². The number of nitrogen functional groups attached to an aromatic ring is 1. The monoisotopic (exact) mass is 377 g/mol. The Morgan fingerprint density at radius 3 is 2.42 bits per heavy atom. The van der Waals surface area contributed by atoms with Crippen molar-refractivity contribution in [1.29, 1.82) is 0 Å². The Morgan fingerprint density at radius 1 is 1.04 bits per heavy atom. The lowest BCUT2D eigenvalue weighted by molar-refractivity contribution is 0.0943. The van der Waals surface area contributed by atoms with Crippen molar-refractivity contribution < 1.29 is 14.3 Å². The Kier molecular flexibility index (Phi) is 9.19. The summed E-state index contributed by atoms with van der Waals surface area (Å²) in [4.78, 5) is 24.4. The fourth-order valence-electron chi connectivity index (χ4n) is 2.24. The minimum atomic E-state index is -0.276. The number of halogens is 1. The number of hydrogen-bond acceptors (Lipinski definition) is 4. The molecule has 2 amide bonds. The molecule has 2 rings (SSSR count). The third-order valence-corrected chi connectivity index (χ3v) is 3.49. The van der Waals surface area contributed by atoms with Gasteiger partial charge in [0.25, 0.3) is 11.8 Å². The summed E-state index contributed by atoms with van der Waals surface area (Å²) in [5, 5.41) is 5.60. The molecule has 2 aromatic rings. The van der Waals surface area contributed by atoms with E-state index in [-0.39, 0.29) is 24.2 Å². The molecule has 0 radical (unpaired) electrons. The Balaban J connectivity index is 0.00000338. The van der Waals surface area contributed by atoms with Crippen LogP contribution in [-0.2, 0) is 4.74 Å². The highest BCUT2D eigenvalue weighted by Gasteiger charge is 2.09. The molecule has 0 spiro atoms. The van der Waals surface area contributed by atoms with Gasteiger partial charge in [-0.05, 0) is 49.7 Å². The van der Waals surface area contributed by atoms with E-state index in [1.807, 2.05) is 6.92 Å². The van der Waals surface area contributed by atoms with Crippen molar-refractivity contribution in [3.05, 3.63) is 59.7 Å². The molecule has 6 nitrogen and oxygen atoms in total. The van der Waals surface area contributed by atoms with Crippen molar-refractivity contribution in [2.24, 2.45) is 0 Å². The second-order valence-corrected chi connectivity index (χ2v) is 5.47. The Morgan fingerprint density at radius 2 is 1.73 bits per heavy atom. The molecule has 4 N–H and O–H groups in total. The zero-order chi connectivity index (χ0) is 18.1. The zero-order valence-electron chi connectivity index (χ0n) is 14.7.